The SMILES string of the molecule is CCS(C#N)(C#N)C#N. The van der Waals surface area contributed by atoms with Gasteiger partial charge in [0, 0.05) is 15.8 Å². The molecule has 0 radical (unpaired) electrons. The van der Waals surface area contributed by atoms with E-state index >= 15 is 0 Å². The predicted octanol–water partition coefficient (Wildman–Crippen LogP) is 1.25. The monoisotopic (exact) mass is 139 g/mol. The Morgan fingerprint density at radius 2 is 1.44 bits per heavy atom. The maximum Gasteiger partial charge on any atom is 0.140 e. The second-order valence-electron chi connectivity index (χ2n) is 1.30. The lowest BCUT2D eigenvalue weighted by molar-refractivity contribution is 1.48. The lowest BCUT2D eigenvalue weighted by Crippen LogP contribution is -1.90. The molecule has 0 unspecified atom stereocenters. The lowest BCUT2D eigenvalue weighted by atomic mass is 11.0. The standard InChI is InChI=1S/C5H5N3S/c1-2-9(3-6,4-7)5-8/h2H2,1H3. The van der Waals surface area contributed by atoms with Crippen molar-refractivity contribution in [3.63, 3.8) is 0 Å². The molecule has 9 heavy (non-hydrogen) atoms. The van der Waals surface area contributed by atoms with Crippen LogP contribution in [0.2, 0.25) is 0 Å². The van der Waals surface area contributed by atoms with Crippen molar-refractivity contribution in [2.75, 3.05) is 5.75 Å². The Morgan fingerprint density at radius 3 is 1.44 bits per heavy atom. The van der Waals surface area contributed by atoms with E-state index < -0.39 is 10.0 Å². The maximum absolute atomic E-state index is 8.32. The second kappa shape index (κ2) is 2.97. The van der Waals surface area contributed by atoms with Gasteiger partial charge in [0.2, 0.25) is 0 Å². The second-order valence-corrected chi connectivity index (χ2v) is 3.91. The minimum atomic E-state index is -2.23. The van der Waals surface area contributed by atoms with E-state index in [2.05, 4.69) is 0 Å². The molecule has 0 aliphatic rings. The average molecular weight is 139 g/mol. The van der Waals surface area contributed by atoms with E-state index in [1.54, 1.807) is 23.1 Å². The third-order valence-corrected chi connectivity index (χ3v) is 2.70. The van der Waals surface area contributed by atoms with Crippen LogP contribution in [0.4, 0.5) is 0 Å². The first-order valence-electron chi connectivity index (χ1n) is 2.28. The van der Waals surface area contributed by atoms with Crippen LogP contribution in [0.15, 0.2) is 0 Å². The molecule has 0 amide bonds. The van der Waals surface area contributed by atoms with Crippen LogP contribution in [0.1, 0.15) is 6.92 Å². The minimum Gasteiger partial charge on any atom is -0.185 e. The molecule has 0 fully saturated rings. The van der Waals surface area contributed by atoms with E-state index in [4.69, 9.17) is 15.8 Å². The average Bonchev–Trinajstić information content (AvgIpc) is 1.95. The fourth-order valence-electron chi connectivity index (χ4n) is 0.255. The summed E-state index contributed by atoms with van der Waals surface area (Å²) in [5, 5.41) is 30.1. The highest BCUT2D eigenvalue weighted by Crippen LogP contribution is 2.42. The number of thiocyanates is 3. The topological polar surface area (TPSA) is 71.4 Å². The Kier molecular flexibility index (Phi) is 2.58. The van der Waals surface area contributed by atoms with Crippen molar-refractivity contribution in [3.8, 4) is 16.2 Å². The molecule has 0 saturated carbocycles. The summed E-state index contributed by atoms with van der Waals surface area (Å²) in [5.74, 6) is 0.344. The number of nitriles is 3. The van der Waals surface area contributed by atoms with Gasteiger partial charge in [-0.2, -0.15) is 15.8 Å². The van der Waals surface area contributed by atoms with Gasteiger partial charge in [-0.1, -0.05) is 6.92 Å². The van der Waals surface area contributed by atoms with Gasteiger partial charge in [-0.3, -0.25) is 0 Å². The lowest BCUT2D eigenvalue weighted by Gasteiger charge is -2.07. The van der Waals surface area contributed by atoms with Crippen LogP contribution in [0.5, 0.6) is 0 Å². The normalized spacial score (nSPS) is 10.4. The number of hydrogen-bond donors (Lipinski definition) is 0. The zero-order valence-corrected chi connectivity index (χ0v) is 5.77. The third-order valence-electron chi connectivity index (χ3n) is 0.901. The van der Waals surface area contributed by atoms with Crippen molar-refractivity contribution >= 4 is 10.0 Å². The van der Waals surface area contributed by atoms with Crippen molar-refractivity contribution in [2.24, 2.45) is 0 Å². The molecule has 0 atom stereocenters. The van der Waals surface area contributed by atoms with Gasteiger partial charge in [-0.25, -0.2) is 0 Å². The third kappa shape index (κ3) is 1.35. The molecule has 0 aliphatic heterocycles. The van der Waals surface area contributed by atoms with Crippen LogP contribution in [-0.2, 0) is 0 Å². The van der Waals surface area contributed by atoms with E-state index in [9.17, 15) is 0 Å². The largest absolute Gasteiger partial charge is 0.185 e. The smallest absolute Gasteiger partial charge is 0.140 e. The summed E-state index contributed by atoms with van der Waals surface area (Å²) in [6.45, 7) is 1.67. The molecule has 46 valence electrons. The molecule has 0 spiro atoms. The Morgan fingerprint density at radius 1 is 1.11 bits per heavy atom. The highest BCUT2D eigenvalue weighted by molar-refractivity contribution is 8.44. The molecular formula is C5H5N3S. The van der Waals surface area contributed by atoms with Crippen LogP contribution in [0.3, 0.4) is 0 Å². The molecular weight excluding hydrogens is 134 g/mol. The van der Waals surface area contributed by atoms with Gasteiger partial charge in [-0.05, 0) is 0 Å². The molecule has 3 nitrogen and oxygen atoms in total. The number of nitrogens with zero attached hydrogens (tertiary/aromatic N) is 3. The molecule has 4 heteroatoms. The highest BCUT2D eigenvalue weighted by atomic mass is 32.3. The van der Waals surface area contributed by atoms with Gasteiger partial charge >= 0.3 is 0 Å². The number of hydrogen-bond acceptors (Lipinski definition) is 3. The van der Waals surface area contributed by atoms with Crippen LogP contribution in [0.25, 0.3) is 0 Å². The zero-order chi connectivity index (χ0) is 7.33. The van der Waals surface area contributed by atoms with Gasteiger partial charge in [-0.15, -0.1) is 0 Å². The molecule has 0 heterocycles. The van der Waals surface area contributed by atoms with Gasteiger partial charge < -0.3 is 0 Å². The fraction of sp³-hybridized carbons (Fsp3) is 0.400. The van der Waals surface area contributed by atoms with Gasteiger partial charge in [0.1, 0.15) is 16.2 Å². The first-order chi connectivity index (χ1) is 4.24. The van der Waals surface area contributed by atoms with Gasteiger partial charge in [0.25, 0.3) is 0 Å². The summed E-state index contributed by atoms with van der Waals surface area (Å²) >= 11 is 0. The Hall–Kier alpha value is -1.18. The first-order valence-corrected chi connectivity index (χ1v) is 4.08. The van der Waals surface area contributed by atoms with E-state index in [1.165, 1.54) is 0 Å². The van der Waals surface area contributed by atoms with Crippen molar-refractivity contribution < 1.29 is 0 Å². The molecule has 0 rings (SSSR count). The van der Waals surface area contributed by atoms with E-state index in [0.29, 0.717) is 5.75 Å². The fourth-order valence-corrected chi connectivity index (χ4v) is 0.765. The summed E-state index contributed by atoms with van der Waals surface area (Å²) in [6.07, 6.45) is 0. The molecule has 0 saturated heterocycles. The van der Waals surface area contributed by atoms with E-state index in [1.807, 2.05) is 0 Å². The quantitative estimate of drug-likeness (QED) is 0.513. The van der Waals surface area contributed by atoms with Gasteiger partial charge in [0.15, 0.2) is 0 Å². The van der Waals surface area contributed by atoms with Crippen molar-refractivity contribution in [2.45, 2.75) is 6.92 Å². The predicted molar refractivity (Wildman–Crippen MR) is 35.0 cm³/mol. The Balaban J connectivity index is 4.54. The molecule has 0 aromatic carbocycles. The Bertz CT molecular complexity index is 178. The summed E-state index contributed by atoms with van der Waals surface area (Å²) in [4.78, 5) is 0. The molecule has 0 N–H and O–H groups in total. The first kappa shape index (κ1) is 7.82. The summed E-state index contributed by atoms with van der Waals surface area (Å²) < 4.78 is 0. The van der Waals surface area contributed by atoms with Crippen molar-refractivity contribution in [1.29, 1.82) is 15.8 Å². The Labute approximate surface area is 55.4 Å². The minimum absolute atomic E-state index is 0.344. The van der Waals surface area contributed by atoms with Gasteiger partial charge in [0.05, 0.1) is 0 Å². The zero-order valence-electron chi connectivity index (χ0n) is 4.96. The van der Waals surface area contributed by atoms with Crippen LogP contribution in [0, 0.1) is 32.0 Å². The van der Waals surface area contributed by atoms with Crippen molar-refractivity contribution in [3.05, 3.63) is 0 Å². The van der Waals surface area contributed by atoms with Crippen molar-refractivity contribution in [1.82, 2.24) is 0 Å². The summed E-state index contributed by atoms with van der Waals surface area (Å²) in [7, 11) is -2.23. The van der Waals surface area contributed by atoms with E-state index in [-0.39, 0.29) is 0 Å². The molecule has 0 aromatic rings. The van der Waals surface area contributed by atoms with E-state index in [0.717, 1.165) is 0 Å². The van der Waals surface area contributed by atoms with Crippen LogP contribution < -0.4 is 0 Å². The molecule has 0 bridgehead atoms. The maximum atomic E-state index is 8.32. The summed E-state index contributed by atoms with van der Waals surface area (Å²) in [6, 6.07) is 0. The highest BCUT2D eigenvalue weighted by Gasteiger charge is 2.19. The summed E-state index contributed by atoms with van der Waals surface area (Å²) in [5.41, 5.74) is 0. The molecule has 0 aliphatic carbocycles. The number of rotatable bonds is 1. The molecule has 0 aromatic heterocycles. The van der Waals surface area contributed by atoms with Crippen LogP contribution in [-0.4, -0.2) is 5.75 Å². The van der Waals surface area contributed by atoms with Crippen LogP contribution >= 0.6 is 10.0 Å².